The first-order valence-electron chi connectivity index (χ1n) is 6.09. The summed E-state index contributed by atoms with van der Waals surface area (Å²) in [7, 11) is -0.246. The van der Waals surface area contributed by atoms with Crippen LogP contribution in [0.1, 0.15) is 0 Å². The van der Waals surface area contributed by atoms with Gasteiger partial charge in [-0.05, 0) is 19.2 Å². The van der Waals surface area contributed by atoms with Gasteiger partial charge in [-0.15, -0.1) is 0 Å². The normalized spacial score (nSPS) is 12.1. The molecule has 0 unspecified atom stereocenters. The van der Waals surface area contributed by atoms with Crippen LogP contribution in [0.15, 0.2) is 21.5 Å². The van der Waals surface area contributed by atoms with Gasteiger partial charge in [0.05, 0.1) is 16.7 Å². The van der Waals surface area contributed by atoms with Gasteiger partial charge in [0, 0.05) is 31.2 Å². The number of nitrogens with zero attached hydrogens (tertiary/aromatic N) is 1. The molecule has 5 nitrogen and oxygen atoms in total. The van der Waals surface area contributed by atoms with Crippen LogP contribution in [0.2, 0.25) is 10.0 Å². The molecule has 0 radical (unpaired) electrons. The van der Waals surface area contributed by atoms with Crippen LogP contribution in [0.25, 0.3) is 0 Å². The molecule has 0 fully saturated rings. The van der Waals surface area contributed by atoms with Crippen LogP contribution in [0, 0.1) is 0 Å². The number of methoxy groups -OCH3 is 1. The maximum absolute atomic E-state index is 12.2. The van der Waals surface area contributed by atoms with Gasteiger partial charge in [0.15, 0.2) is 0 Å². The van der Waals surface area contributed by atoms with Gasteiger partial charge in [-0.25, -0.2) is 13.1 Å². The van der Waals surface area contributed by atoms with Crippen molar-refractivity contribution in [3.8, 4) is 0 Å². The Morgan fingerprint density at radius 1 is 1.29 bits per heavy atom. The lowest BCUT2D eigenvalue weighted by molar-refractivity contribution is 0.162. The van der Waals surface area contributed by atoms with Crippen LogP contribution in [0.4, 0.5) is 0 Å². The van der Waals surface area contributed by atoms with Gasteiger partial charge in [-0.2, -0.15) is 0 Å². The molecule has 0 bridgehead atoms. The summed E-state index contributed by atoms with van der Waals surface area (Å²) in [6, 6.07) is 2.99. The lowest BCUT2D eigenvalue weighted by Gasteiger charge is -2.16. The number of likely N-dealkylation sites (N-methyl/N-ethyl adjacent to an activating group) is 1. The van der Waals surface area contributed by atoms with Gasteiger partial charge in [0.1, 0.15) is 4.90 Å². The largest absolute Gasteiger partial charge is 0.383 e. The Balaban J connectivity index is 2.71. The van der Waals surface area contributed by atoms with Crippen LogP contribution in [0.3, 0.4) is 0 Å². The van der Waals surface area contributed by atoms with Gasteiger partial charge < -0.3 is 9.64 Å². The Bertz CT molecular complexity index is 561. The molecule has 0 heterocycles. The molecule has 0 saturated heterocycles. The molecule has 1 rings (SSSR count). The molecule has 0 amide bonds. The van der Waals surface area contributed by atoms with Crippen molar-refractivity contribution in [1.82, 2.24) is 9.62 Å². The Kier molecular flexibility index (Phi) is 7.91. The number of benzene rings is 1. The highest BCUT2D eigenvalue weighted by atomic mass is 79.9. The van der Waals surface area contributed by atoms with E-state index in [0.29, 0.717) is 17.6 Å². The van der Waals surface area contributed by atoms with Crippen molar-refractivity contribution in [2.45, 2.75) is 4.90 Å². The Labute approximate surface area is 143 Å². The van der Waals surface area contributed by atoms with E-state index in [9.17, 15) is 8.42 Å². The molecule has 0 aliphatic carbocycles. The summed E-state index contributed by atoms with van der Waals surface area (Å²) in [5.74, 6) is 0. The lowest BCUT2D eigenvalue weighted by Crippen LogP contribution is -2.34. The van der Waals surface area contributed by atoms with Crippen LogP contribution >= 0.6 is 39.1 Å². The van der Waals surface area contributed by atoms with Gasteiger partial charge in [-0.3, -0.25) is 0 Å². The first-order chi connectivity index (χ1) is 9.77. The molecule has 0 aliphatic heterocycles. The van der Waals surface area contributed by atoms with E-state index in [-0.39, 0.29) is 21.5 Å². The Hall–Kier alpha value is 0.110. The van der Waals surface area contributed by atoms with Crippen molar-refractivity contribution in [2.24, 2.45) is 0 Å². The lowest BCUT2D eigenvalue weighted by atomic mass is 10.4. The maximum Gasteiger partial charge on any atom is 0.243 e. The third-order valence-corrected chi connectivity index (χ3v) is 5.53. The fourth-order valence-corrected chi connectivity index (χ4v) is 4.54. The Morgan fingerprint density at radius 2 is 1.86 bits per heavy atom. The molecule has 0 aliphatic rings. The molecule has 1 N–H and O–H groups in total. The molecule has 0 atom stereocenters. The summed E-state index contributed by atoms with van der Waals surface area (Å²) in [6.45, 7) is 2.12. The number of sulfonamides is 1. The molecule has 21 heavy (non-hydrogen) atoms. The van der Waals surface area contributed by atoms with Crippen molar-refractivity contribution < 1.29 is 13.2 Å². The zero-order chi connectivity index (χ0) is 16.0. The number of hydrogen-bond acceptors (Lipinski definition) is 4. The number of rotatable bonds is 8. The standard InChI is InChI=1S/C12H17BrCl2N2O3S/c1-17(5-6-20-2)4-3-16-21(18,19)12-10(14)7-9(13)8-11(12)15/h7-8,16H,3-6H2,1-2H3. The predicted octanol–water partition coefficient (Wildman–Crippen LogP) is 2.61. The van der Waals surface area contributed by atoms with E-state index in [2.05, 4.69) is 20.7 Å². The van der Waals surface area contributed by atoms with Gasteiger partial charge >= 0.3 is 0 Å². The van der Waals surface area contributed by atoms with Crippen molar-refractivity contribution in [3.63, 3.8) is 0 Å². The highest BCUT2D eigenvalue weighted by molar-refractivity contribution is 9.10. The van der Waals surface area contributed by atoms with Crippen molar-refractivity contribution in [3.05, 3.63) is 26.7 Å². The second-order valence-corrected chi connectivity index (χ2v) is 7.83. The topological polar surface area (TPSA) is 58.6 Å². The van der Waals surface area contributed by atoms with E-state index in [1.807, 2.05) is 11.9 Å². The maximum atomic E-state index is 12.2. The average Bonchev–Trinajstić information content (AvgIpc) is 2.34. The van der Waals surface area contributed by atoms with E-state index >= 15 is 0 Å². The van der Waals surface area contributed by atoms with Crippen molar-refractivity contribution in [2.75, 3.05) is 40.4 Å². The van der Waals surface area contributed by atoms with Crippen molar-refractivity contribution >= 4 is 49.2 Å². The van der Waals surface area contributed by atoms with Crippen molar-refractivity contribution in [1.29, 1.82) is 0 Å². The van der Waals surface area contributed by atoms with Gasteiger partial charge in [-0.1, -0.05) is 39.1 Å². The fourth-order valence-electron chi connectivity index (χ4n) is 1.59. The third kappa shape index (κ3) is 6.02. The van der Waals surface area contributed by atoms with Gasteiger partial charge in [0.2, 0.25) is 10.0 Å². The van der Waals surface area contributed by atoms with E-state index < -0.39 is 10.0 Å². The minimum Gasteiger partial charge on any atom is -0.383 e. The number of ether oxygens (including phenoxy) is 1. The van der Waals surface area contributed by atoms with E-state index in [1.165, 1.54) is 12.1 Å². The SMILES string of the molecule is COCCN(C)CCNS(=O)(=O)c1c(Cl)cc(Br)cc1Cl. The molecular formula is C12H17BrCl2N2O3S. The smallest absolute Gasteiger partial charge is 0.243 e. The third-order valence-electron chi connectivity index (χ3n) is 2.69. The number of nitrogens with one attached hydrogen (secondary N) is 1. The monoisotopic (exact) mass is 418 g/mol. The first-order valence-corrected chi connectivity index (χ1v) is 9.13. The minimum atomic E-state index is -3.75. The van der Waals surface area contributed by atoms with E-state index in [4.69, 9.17) is 27.9 Å². The van der Waals surface area contributed by atoms with E-state index in [1.54, 1.807) is 7.11 Å². The zero-order valence-corrected chi connectivity index (χ0v) is 15.6. The predicted molar refractivity (Wildman–Crippen MR) is 88.7 cm³/mol. The van der Waals surface area contributed by atoms with E-state index in [0.717, 1.165) is 6.54 Å². The fraction of sp³-hybridized carbons (Fsp3) is 0.500. The highest BCUT2D eigenvalue weighted by Gasteiger charge is 2.22. The summed E-state index contributed by atoms with van der Waals surface area (Å²) >= 11 is 15.1. The minimum absolute atomic E-state index is 0.0783. The number of halogens is 3. The molecule has 0 spiro atoms. The Morgan fingerprint density at radius 3 is 2.38 bits per heavy atom. The highest BCUT2D eigenvalue weighted by Crippen LogP contribution is 2.32. The van der Waals surface area contributed by atoms with Crippen LogP contribution in [0.5, 0.6) is 0 Å². The summed E-state index contributed by atoms with van der Waals surface area (Å²) in [5, 5.41) is 0.157. The quantitative estimate of drug-likeness (QED) is 0.703. The average molecular weight is 420 g/mol. The zero-order valence-electron chi connectivity index (χ0n) is 11.7. The molecule has 1 aromatic rings. The molecule has 0 aromatic heterocycles. The first kappa shape index (κ1) is 19.2. The summed E-state index contributed by atoms with van der Waals surface area (Å²) in [5.41, 5.74) is 0. The molecule has 1 aromatic carbocycles. The van der Waals surface area contributed by atoms with Crippen LogP contribution < -0.4 is 4.72 Å². The molecule has 9 heteroatoms. The molecule has 0 saturated carbocycles. The summed E-state index contributed by atoms with van der Waals surface area (Å²) in [4.78, 5) is 1.85. The van der Waals surface area contributed by atoms with Crippen LogP contribution in [-0.4, -0.2) is 53.7 Å². The molecule has 120 valence electrons. The van der Waals surface area contributed by atoms with Gasteiger partial charge in [0.25, 0.3) is 0 Å². The number of hydrogen-bond donors (Lipinski definition) is 1. The molecular weight excluding hydrogens is 403 g/mol. The summed E-state index contributed by atoms with van der Waals surface area (Å²) in [6.07, 6.45) is 0. The summed E-state index contributed by atoms with van der Waals surface area (Å²) < 4.78 is 32.5. The second-order valence-electron chi connectivity index (χ2n) is 4.39. The van der Waals surface area contributed by atoms with Crippen LogP contribution in [-0.2, 0) is 14.8 Å². The second kappa shape index (κ2) is 8.67.